The van der Waals surface area contributed by atoms with Crippen molar-refractivity contribution in [2.75, 3.05) is 25.5 Å². The van der Waals surface area contributed by atoms with Crippen molar-refractivity contribution in [3.8, 4) is 0 Å². The second kappa shape index (κ2) is 9.36. The third-order valence-electron chi connectivity index (χ3n) is 3.92. The van der Waals surface area contributed by atoms with E-state index >= 15 is 0 Å². The molecule has 0 aromatic heterocycles. The quantitative estimate of drug-likeness (QED) is 0.800. The first kappa shape index (κ1) is 19.2. The maximum absolute atomic E-state index is 12.2. The van der Waals surface area contributed by atoms with Crippen LogP contribution < -0.4 is 10.6 Å². The minimum absolute atomic E-state index is 0.0852. The number of nitrogens with one attached hydrogen (secondary N) is 2. The number of carbonyl (C=O) groups is 3. The fraction of sp³-hybridized carbons (Fsp3) is 0.250. The van der Waals surface area contributed by atoms with E-state index in [4.69, 9.17) is 0 Å². The van der Waals surface area contributed by atoms with E-state index in [0.717, 1.165) is 17.7 Å². The Morgan fingerprint density at radius 2 is 1.62 bits per heavy atom. The van der Waals surface area contributed by atoms with Crippen LogP contribution in [0.25, 0.3) is 0 Å². The van der Waals surface area contributed by atoms with Crippen molar-refractivity contribution in [3.63, 3.8) is 0 Å². The maximum Gasteiger partial charge on any atom is 0.251 e. The van der Waals surface area contributed by atoms with Gasteiger partial charge < -0.3 is 15.5 Å². The first-order valence-corrected chi connectivity index (χ1v) is 8.46. The second-order valence-electron chi connectivity index (χ2n) is 5.86. The summed E-state index contributed by atoms with van der Waals surface area (Å²) in [5, 5.41) is 5.38. The molecule has 0 heterocycles. The molecule has 0 atom stereocenters. The monoisotopic (exact) mass is 353 g/mol. The first-order chi connectivity index (χ1) is 12.5. The lowest BCUT2D eigenvalue weighted by atomic mass is 10.1. The van der Waals surface area contributed by atoms with Crippen LogP contribution in [0.5, 0.6) is 0 Å². The standard InChI is InChI=1S/C20H23N3O3/c1-3-15-9-7-8-12-17(15)22-18(24)14-23(2)19(25)13-21-20(26)16-10-5-4-6-11-16/h4-12H,3,13-14H2,1-2H3,(H,21,26)(H,22,24). The van der Waals surface area contributed by atoms with Gasteiger partial charge in [-0.3, -0.25) is 14.4 Å². The molecule has 0 fully saturated rings. The Balaban J connectivity index is 1.82. The molecule has 0 saturated carbocycles. The number of likely N-dealkylation sites (N-methyl/N-ethyl adjacent to an activating group) is 1. The highest BCUT2D eigenvalue weighted by molar-refractivity contribution is 5.98. The molecule has 0 aliphatic carbocycles. The van der Waals surface area contributed by atoms with Gasteiger partial charge in [-0.25, -0.2) is 0 Å². The van der Waals surface area contributed by atoms with Crippen LogP contribution in [0.3, 0.4) is 0 Å². The van der Waals surface area contributed by atoms with E-state index in [1.165, 1.54) is 11.9 Å². The van der Waals surface area contributed by atoms with E-state index in [0.29, 0.717) is 5.56 Å². The molecule has 136 valence electrons. The van der Waals surface area contributed by atoms with Crippen LogP contribution in [0.4, 0.5) is 5.69 Å². The molecule has 0 aliphatic heterocycles. The lowest BCUT2D eigenvalue weighted by Gasteiger charge is -2.18. The van der Waals surface area contributed by atoms with Gasteiger partial charge in [0, 0.05) is 18.3 Å². The molecule has 2 rings (SSSR count). The number of rotatable bonds is 7. The molecule has 6 nitrogen and oxygen atoms in total. The molecule has 0 spiro atoms. The van der Waals surface area contributed by atoms with Crippen molar-refractivity contribution in [2.24, 2.45) is 0 Å². The smallest absolute Gasteiger partial charge is 0.251 e. The molecule has 0 saturated heterocycles. The Bertz CT molecular complexity index is 775. The number of aryl methyl sites for hydroxylation is 1. The minimum atomic E-state index is -0.340. The lowest BCUT2D eigenvalue weighted by molar-refractivity contribution is -0.132. The van der Waals surface area contributed by atoms with Crippen LogP contribution in [0.15, 0.2) is 54.6 Å². The average molecular weight is 353 g/mol. The van der Waals surface area contributed by atoms with Crippen molar-refractivity contribution >= 4 is 23.4 Å². The summed E-state index contributed by atoms with van der Waals surface area (Å²) in [4.78, 5) is 37.5. The number of benzene rings is 2. The van der Waals surface area contributed by atoms with E-state index in [-0.39, 0.29) is 30.8 Å². The van der Waals surface area contributed by atoms with Gasteiger partial charge in [0.15, 0.2) is 0 Å². The molecular weight excluding hydrogens is 330 g/mol. The van der Waals surface area contributed by atoms with Gasteiger partial charge in [0.2, 0.25) is 11.8 Å². The minimum Gasteiger partial charge on any atom is -0.343 e. The number of anilines is 1. The van der Waals surface area contributed by atoms with Crippen molar-refractivity contribution in [1.29, 1.82) is 0 Å². The third-order valence-corrected chi connectivity index (χ3v) is 3.92. The molecule has 0 unspecified atom stereocenters. The topological polar surface area (TPSA) is 78.5 Å². The highest BCUT2D eigenvalue weighted by Gasteiger charge is 2.15. The summed E-state index contributed by atoms with van der Waals surface area (Å²) >= 11 is 0. The molecule has 0 aliphatic rings. The van der Waals surface area contributed by atoms with Crippen LogP contribution in [0, 0.1) is 0 Å². The number of carbonyl (C=O) groups excluding carboxylic acids is 3. The fourth-order valence-corrected chi connectivity index (χ4v) is 2.43. The van der Waals surface area contributed by atoms with E-state index in [9.17, 15) is 14.4 Å². The molecule has 2 aromatic carbocycles. The van der Waals surface area contributed by atoms with E-state index < -0.39 is 0 Å². The van der Waals surface area contributed by atoms with Crippen LogP contribution in [0.1, 0.15) is 22.8 Å². The molecule has 3 amide bonds. The summed E-state index contributed by atoms with van der Waals surface area (Å²) in [6, 6.07) is 16.2. The SMILES string of the molecule is CCc1ccccc1NC(=O)CN(C)C(=O)CNC(=O)c1ccccc1. The van der Waals surface area contributed by atoms with Gasteiger partial charge in [0.1, 0.15) is 0 Å². The second-order valence-corrected chi connectivity index (χ2v) is 5.86. The number of hydrogen-bond donors (Lipinski definition) is 2. The largest absolute Gasteiger partial charge is 0.343 e. The summed E-state index contributed by atoms with van der Waals surface area (Å²) in [7, 11) is 1.53. The van der Waals surface area contributed by atoms with Crippen LogP contribution in [0.2, 0.25) is 0 Å². The molecule has 6 heteroatoms. The fourth-order valence-electron chi connectivity index (χ4n) is 2.43. The van der Waals surface area contributed by atoms with Gasteiger partial charge in [-0.15, -0.1) is 0 Å². The predicted octanol–water partition coefficient (Wildman–Crippen LogP) is 2.08. The predicted molar refractivity (Wildman–Crippen MR) is 101 cm³/mol. The van der Waals surface area contributed by atoms with E-state index in [1.807, 2.05) is 37.3 Å². The first-order valence-electron chi connectivity index (χ1n) is 8.46. The highest BCUT2D eigenvalue weighted by atomic mass is 16.2. The van der Waals surface area contributed by atoms with Gasteiger partial charge in [-0.05, 0) is 30.2 Å². The molecule has 2 N–H and O–H groups in total. The maximum atomic E-state index is 12.2. The lowest BCUT2D eigenvalue weighted by Crippen LogP contribution is -2.41. The normalized spacial score (nSPS) is 10.1. The zero-order valence-electron chi connectivity index (χ0n) is 15.0. The third kappa shape index (κ3) is 5.44. The summed E-state index contributed by atoms with van der Waals surface area (Å²) in [6.45, 7) is 1.76. The zero-order valence-corrected chi connectivity index (χ0v) is 15.0. The Hall–Kier alpha value is -3.15. The molecule has 0 bridgehead atoms. The number of para-hydroxylation sites is 1. The van der Waals surface area contributed by atoms with Gasteiger partial charge in [-0.2, -0.15) is 0 Å². The summed E-state index contributed by atoms with van der Waals surface area (Å²) < 4.78 is 0. The van der Waals surface area contributed by atoms with Crippen LogP contribution in [-0.4, -0.2) is 42.8 Å². The molecule has 26 heavy (non-hydrogen) atoms. The van der Waals surface area contributed by atoms with E-state index in [2.05, 4.69) is 10.6 Å². The van der Waals surface area contributed by atoms with E-state index in [1.54, 1.807) is 24.3 Å². The zero-order chi connectivity index (χ0) is 18.9. The highest BCUT2D eigenvalue weighted by Crippen LogP contribution is 2.15. The van der Waals surface area contributed by atoms with Crippen molar-refractivity contribution in [3.05, 3.63) is 65.7 Å². The summed E-state index contributed by atoms with van der Waals surface area (Å²) in [6.07, 6.45) is 0.802. The number of amides is 3. The van der Waals surface area contributed by atoms with Crippen molar-refractivity contribution < 1.29 is 14.4 Å². The Morgan fingerprint density at radius 3 is 2.31 bits per heavy atom. The Labute approximate surface area is 153 Å². The number of hydrogen-bond acceptors (Lipinski definition) is 3. The summed E-state index contributed by atoms with van der Waals surface area (Å²) in [5.41, 5.74) is 2.26. The Morgan fingerprint density at radius 1 is 0.962 bits per heavy atom. The van der Waals surface area contributed by atoms with Crippen LogP contribution >= 0.6 is 0 Å². The van der Waals surface area contributed by atoms with Gasteiger partial charge >= 0.3 is 0 Å². The molecule has 0 radical (unpaired) electrons. The van der Waals surface area contributed by atoms with Crippen molar-refractivity contribution in [1.82, 2.24) is 10.2 Å². The average Bonchev–Trinajstić information content (AvgIpc) is 2.66. The number of nitrogens with zero attached hydrogens (tertiary/aromatic N) is 1. The molecular formula is C20H23N3O3. The molecule has 2 aromatic rings. The van der Waals surface area contributed by atoms with Gasteiger partial charge in [-0.1, -0.05) is 43.3 Å². The van der Waals surface area contributed by atoms with Gasteiger partial charge in [0.05, 0.1) is 13.1 Å². The van der Waals surface area contributed by atoms with Crippen LogP contribution in [-0.2, 0) is 16.0 Å². The summed E-state index contributed by atoms with van der Waals surface area (Å²) in [5.74, 6) is -0.946. The van der Waals surface area contributed by atoms with Gasteiger partial charge in [0.25, 0.3) is 5.91 Å². The van der Waals surface area contributed by atoms with Crippen molar-refractivity contribution in [2.45, 2.75) is 13.3 Å². The Kier molecular flexibility index (Phi) is 6.91.